The fraction of sp³-hybridized carbons (Fsp3) is 0.318. The Bertz CT molecular complexity index is 1150. The van der Waals surface area contributed by atoms with E-state index in [0.717, 1.165) is 11.1 Å². The van der Waals surface area contributed by atoms with Crippen molar-refractivity contribution in [2.24, 2.45) is 0 Å². The Balaban J connectivity index is 1.58. The maximum atomic E-state index is 13.2. The van der Waals surface area contributed by atoms with Crippen LogP contribution in [0, 0.1) is 0 Å². The molecular formula is C22H25N3O4S. The summed E-state index contributed by atoms with van der Waals surface area (Å²) in [5, 5.41) is 4.61. The van der Waals surface area contributed by atoms with E-state index >= 15 is 0 Å². The molecule has 0 atom stereocenters. The Morgan fingerprint density at radius 1 is 1.03 bits per heavy atom. The van der Waals surface area contributed by atoms with Crippen molar-refractivity contribution in [2.75, 3.05) is 6.79 Å². The second kappa shape index (κ2) is 7.77. The van der Waals surface area contributed by atoms with E-state index in [1.165, 1.54) is 0 Å². The Hall–Kier alpha value is -2.84. The average Bonchev–Trinajstić information content (AvgIpc) is 3.34. The largest absolute Gasteiger partial charge is 0.454 e. The van der Waals surface area contributed by atoms with Gasteiger partial charge >= 0.3 is 0 Å². The third-order valence-corrected chi connectivity index (χ3v) is 6.22. The molecule has 1 aromatic heterocycles. The highest BCUT2D eigenvalue weighted by atomic mass is 32.2. The van der Waals surface area contributed by atoms with Crippen LogP contribution < -0.4 is 14.2 Å². The van der Waals surface area contributed by atoms with Crippen molar-refractivity contribution in [2.45, 2.75) is 44.2 Å². The summed E-state index contributed by atoms with van der Waals surface area (Å²) in [5.74, 6) is 1.29. The minimum Gasteiger partial charge on any atom is -0.454 e. The maximum absolute atomic E-state index is 13.2. The number of benzene rings is 2. The fourth-order valence-corrected chi connectivity index (χ4v) is 4.65. The molecule has 1 N–H and O–H groups in total. The summed E-state index contributed by atoms with van der Waals surface area (Å²) in [6.07, 6.45) is 1.61. The van der Waals surface area contributed by atoms with Crippen LogP contribution in [0.5, 0.6) is 11.5 Å². The van der Waals surface area contributed by atoms with Crippen molar-refractivity contribution < 1.29 is 17.9 Å². The first-order valence-corrected chi connectivity index (χ1v) is 11.2. The molecule has 0 bridgehead atoms. The molecule has 7 nitrogen and oxygen atoms in total. The Labute approximate surface area is 176 Å². The first-order chi connectivity index (χ1) is 14.2. The van der Waals surface area contributed by atoms with Crippen molar-refractivity contribution in [3.63, 3.8) is 0 Å². The molecule has 4 rings (SSSR count). The highest BCUT2D eigenvalue weighted by Gasteiger charge is 2.30. The number of aromatic nitrogens is 2. The van der Waals surface area contributed by atoms with Gasteiger partial charge < -0.3 is 9.47 Å². The summed E-state index contributed by atoms with van der Waals surface area (Å²) >= 11 is 0. The summed E-state index contributed by atoms with van der Waals surface area (Å²) in [5.41, 5.74) is 1.95. The molecule has 30 heavy (non-hydrogen) atoms. The smallest absolute Gasteiger partial charge is 0.244 e. The molecule has 2 aromatic carbocycles. The molecule has 0 aliphatic carbocycles. The molecule has 0 saturated heterocycles. The normalized spacial score (nSPS) is 13.6. The van der Waals surface area contributed by atoms with Crippen LogP contribution in [-0.4, -0.2) is 25.0 Å². The number of rotatable bonds is 6. The van der Waals surface area contributed by atoms with E-state index in [1.807, 2.05) is 57.2 Å². The zero-order valence-electron chi connectivity index (χ0n) is 17.3. The van der Waals surface area contributed by atoms with Gasteiger partial charge in [0.15, 0.2) is 11.5 Å². The van der Waals surface area contributed by atoms with E-state index in [0.29, 0.717) is 23.7 Å². The summed E-state index contributed by atoms with van der Waals surface area (Å²) in [7, 11) is -3.76. The van der Waals surface area contributed by atoms with Gasteiger partial charge in [0.25, 0.3) is 0 Å². The van der Waals surface area contributed by atoms with Crippen LogP contribution in [0.3, 0.4) is 0 Å². The molecule has 1 aliphatic heterocycles. The van der Waals surface area contributed by atoms with Crippen LogP contribution >= 0.6 is 0 Å². The van der Waals surface area contributed by atoms with Gasteiger partial charge in [-0.05, 0) is 23.3 Å². The lowest BCUT2D eigenvalue weighted by atomic mass is 9.92. The molecule has 0 radical (unpaired) electrons. The van der Waals surface area contributed by atoms with E-state index in [2.05, 4.69) is 9.82 Å². The molecule has 0 spiro atoms. The zero-order chi connectivity index (χ0) is 21.4. The topological polar surface area (TPSA) is 82.5 Å². The molecule has 2 heterocycles. The first kappa shape index (κ1) is 20.4. The number of fused-ring (bicyclic) bond motifs is 1. The second-order valence-corrected chi connectivity index (χ2v) is 10.0. The number of hydrogen-bond donors (Lipinski definition) is 1. The zero-order valence-corrected chi connectivity index (χ0v) is 18.1. The van der Waals surface area contributed by atoms with Crippen LogP contribution in [0.15, 0.2) is 59.6 Å². The number of nitrogens with one attached hydrogen (secondary N) is 1. The molecule has 0 fully saturated rings. The highest BCUT2D eigenvalue weighted by Crippen LogP contribution is 2.33. The predicted molar refractivity (Wildman–Crippen MR) is 113 cm³/mol. The van der Waals surface area contributed by atoms with E-state index in [1.54, 1.807) is 23.0 Å². The lowest BCUT2D eigenvalue weighted by Crippen LogP contribution is -2.26. The van der Waals surface area contributed by atoms with Crippen molar-refractivity contribution in [3.05, 3.63) is 71.5 Å². The standard InChI is InChI=1S/C22H25N3O4S/c1-22(2,3)21-20(14-25(24-21)13-16-7-5-4-6-8-16)30(26,27)23-12-17-9-10-18-19(11-17)29-15-28-18/h4-11,14,23H,12-13,15H2,1-3H3. The van der Waals surface area contributed by atoms with Crippen LogP contribution in [0.25, 0.3) is 0 Å². The molecule has 3 aromatic rings. The maximum Gasteiger partial charge on any atom is 0.244 e. The number of sulfonamides is 1. The molecule has 158 valence electrons. The van der Waals surface area contributed by atoms with Gasteiger partial charge in [-0.3, -0.25) is 4.68 Å². The quantitative estimate of drug-likeness (QED) is 0.652. The van der Waals surface area contributed by atoms with Gasteiger partial charge in [0, 0.05) is 18.2 Å². The number of ether oxygens (including phenoxy) is 2. The second-order valence-electron chi connectivity index (χ2n) is 8.29. The van der Waals surface area contributed by atoms with E-state index in [4.69, 9.17) is 9.47 Å². The monoisotopic (exact) mass is 427 g/mol. The van der Waals surface area contributed by atoms with Gasteiger partial charge in [0.05, 0.1) is 12.2 Å². The minimum atomic E-state index is -3.76. The summed E-state index contributed by atoms with van der Waals surface area (Å²) in [6, 6.07) is 15.2. The lowest BCUT2D eigenvalue weighted by molar-refractivity contribution is 0.174. The van der Waals surface area contributed by atoms with Gasteiger partial charge in [-0.1, -0.05) is 57.2 Å². The summed E-state index contributed by atoms with van der Waals surface area (Å²) in [4.78, 5) is 0.201. The van der Waals surface area contributed by atoms with Gasteiger partial charge in [-0.25, -0.2) is 13.1 Å². The van der Waals surface area contributed by atoms with Crippen molar-refractivity contribution >= 4 is 10.0 Å². The molecule has 0 amide bonds. The lowest BCUT2D eigenvalue weighted by Gasteiger charge is -2.17. The third kappa shape index (κ3) is 4.34. The van der Waals surface area contributed by atoms with Crippen molar-refractivity contribution in [3.8, 4) is 11.5 Å². The molecule has 0 saturated carbocycles. The first-order valence-electron chi connectivity index (χ1n) is 9.72. The van der Waals surface area contributed by atoms with E-state index < -0.39 is 15.4 Å². The highest BCUT2D eigenvalue weighted by molar-refractivity contribution is 7.89. The van der Waals surface area contributed by atoms with Gasteiger partial charge in [-0.2, -0.15) is 5.10 Å². The van der Waals surface area contributed by atoms with E-state index in [9.17, 15) is 8.42 Å². The summed E-state index contributed by atoms with van der Waals surface area (Å²) < 4.78 is 41.4. The Morgan fingerprint density at radius 2 is 1.77 bits per heavy atom. The van der Waals surface area contributed by atoms with Gasteiger partial charge in [0.2, 0.25) is 16.8 Å². The molecule has 8 heteroatoms. The van der Waals surface area contributed by atoms with Crippen molar-refractivity contribution in [1.82, 2.24) is 14.5 Å². The Kier molecular flexibility index (Phi) is 5.29. The molecule has 1 aliphatic rings. The minimum absolute atomic E-state index is 0.145. The molecule has 0 unspecified atom stereocenters. The SMILES string of the molecule is CC(C)(C)c1nn(Cc2ccccc2)cc1S(=O)(=O)NCc1ccc2c(c1)OCO2. The summed E-state index contributed by atoms with van der Waals surface area (Å²) in [6.45, 7) is 6.70. The van der Waals surface area contributed by atoms with Crippen LogP contribution in [0.4, 0.5) is 0 Å². The van der Waals surface area contributed by atoms with Gasteiger partial charge in [-0.15, -0.1) is 0 Å². The predicted octanol–water partition coefficient (Wildman–Crippen LogP) is 3.44. The van der Waals surface area contributed by atoms with Crippen molar-refractivity contribution in [1.29, 1.82) is 0 Å². The van der Waals surface area contributed by atoms with Crippen LogP contribution in [-0.2, 0) is 28.5 Å². The number of nitrogens with zero attached hydrogens (tertiary/aromatic N) is 2. The third-order valence-electron chi connectivity index (χ3n) is 4.82. The van der Waals surface area contributed by atoms with Crippen LogP contribution in [0.2, 0.25) is 0 Å². The average molecular weight is 428 g/mol. The van der Waals surface area contributed by atoms with Gasteiger partial charge in [0.1, 0.15) is 4.90 Å². The molecular weight excluding hydrogens is 402 g/mol. The number of hydrogen-bond acceptors (Lipinski definition) is 5. The van der Waals surface area contributed by atoms with Crippen LogP contribution in [0.1, 0.15) is 37.6 Å². The Morgan fingerprint density at radius 3 is 2.50 bits per heavy atom. The fourth-order valence-electron chi connectivity index (χ4n) is 3.28. The van der Waals surface area contributed by atoms with E-state index in [-0.39, 0.29) is 18.2 Å².